The molecule has 0 spiro atoms. The van der Waals surface area contributed by atoms with E-state index >= 15 is 0 Å². The highest BCUT2D eigenvalue weighted by Gasteiger charge is 2.13. The maximum atomic E-state index is 12.7. The van der Waals surface area contributed by atoms with Crippen molar-refractivity contribution in [2.75, 3.05) is 18.0 Å². The molecule has 4 rings (SSSR count). The number of nitrogens with zero attached hydrogens (tertiary/aromatic N) is 1. The van der Waals surface area contributed by atoms with Crippen molar-refractivity contribution in [1.29, 1.82) is 0 Å². The summed E-state index contributed by atoms with van der Waals surface area (Å²) in [5.74, 6) is -2.23. The number of aliphatic carboxylic acids is 1. The van der Waals surface area contributed by atoms with Crippen LogP contribution in [0.1, 0.15) is 47.1 Å². The standard InChI is InChI=1S/C29H25NO5.C2H4O2/c1-3-30(4-2)24-15-14-23-17-25(29(34)35-27(23)18-24)26(31)16-7-19-5-8-20(9-6-19)21-10-12-22(13-11-21)28(32)33;1-2(3)4/h5-18H,3-4H2,1-2H3,(H,32,33);1H3,(H,3,4). The average Bonchev–Trinajstić information content (AvgIpc) is 2.92. The first kappa shape index (κ1) is 28.6. The van der Waals surface area contributed by atoms with Crippen LogP contribution >= 0.6 is 0 Å². The van der Waals surface area contributed by atoms with E-state index < -0.39 is 23.3 Å². The second-order valence-electron chi connectivity index (χ2n) is 8.56. The van der Waals surface area contributed by atoms with Crippen LogP contribution in [-0.4, -0.2) is 41.0 Å². The van der Waals surface area contributed by atoms with E-state index in [1.54, 1.807) is 36.4 Å². The van der Waals surface area contributed by atoms with Crippen molar-refractivity contribution in [2.24, 2.45) is 0 Å². The van der Waals surface area contributed by atoms with Crippen molar-refractivity contribution in [1.82, 2.24) is 0 Å². The van der Waals surface area contributed by atoms with Crippen molar-refractivity contribution < 1.29 is 29.0 Å². The smallest absolute Gasteiger partial charge is 0.347 e. The Balaban J connectivity index is 0.000000983. The summed E-state index contributed by atoms with van der Waals surface area (Å²) in [6.45, 7) is 6.88. The van der Waals surface area contributed by atoms with Crippen LogP contribution in [0.5, 0.6) is 0 Å². The highest BCUT2D eigenvalue weighted by Crippen LogP contribution is 2.23. The van der Waals surface area contributed by atoms with E-state index in [1.165, 1.54) is 6.08 Å². The molecule has 0 fully saturated rings. The number of fused-ring (bicyclic) bond motifs is 1. The van der Waals surface area contributed by atoms with Gasteiger partial charge in [-0.2, -0.15) is 0 Å². The normalized spacial score (nSPS) is 10.6. The first-order valence-electron chi connectivity index (χ1n) is 12.3. The van der Waals surface area contributed by atoms with Crippen LogP contribution in [-0.2, 0) is 4.79 Å². The second-order valence-corrected chi connectivity index (χ2v) is 8.56. The molecule has 8 heteroatoms. The van der Waals surface area contributed by atoms with Gasteiger partial charge in [-0.1, -0.05) is 42.5 Å². The van der Waals surface area contributed by atoms with E-state index in [1.807, 2.05) is 42.5 Å². The summed E-state index contributed by atoms with van der Waals surface area (Å²) in [6, 6.07) is 21.3. The Morgan fingerprint density at radius 2 is 1.41 bits per heavy atom. The fraction of sp³-hybridized carbons (Fsp3) is 0.161. The summed E-state index contributed by atoms with van der Waals surface area (Å²) in [7, 11) is 0. The van der Waals surface area contributed by atoms with Gasteiger partial charge in [-0.05, 0) is 66.9 Å². The Kier molecular flexibility index (Phi) is 9.53. The van der Waals surface area contributed by atoms with Gasteiger partial charge in [-0.25, -0.2) is 9.59 Å². The SMILES string of the molecule is CC(=O)O.CCN(CC)c1ccc2cc(C(=O)C=Cc3ccc(-c4ccc(C(=O)O)cc4)cc3)c(=O)oc2c1. The monoisotopic (exact) mass is 527 g/mol. The second kappa shape index (κ2) is 13.0. The third-order valence-electron chi connectivity index (χ3n) is 5.92. The first-order valence-corrected chi connectivity index (χ1v) is 12.3. The Bertz CT molecular complexity index is 1560. The van der Waals surface area contributed by atoms with Crippen LogP contribution in [0.15, 0.2) is 88.1 Å². The van der Waals surface area contributed by atoms with E-state index in [0.29, 0.717) is 11.0 Å². The number of ketones is 1. The number of carboxylic acid groups (broad SMARTS) is 2. The topological polar surface area (TPSA) is 125 Å². The minimum atomic E-state index is -0.966. The van der Waals surface area contributed by atoms with E-state index in [0.717, 1.165) is 42.4 Å². The lowest BCUT2D eigenvalue weighted by molar-refractivity contribution is -0.134. The number of carboxylic acids is 2. The van der Waals surface area contributed by atoms with Crippen molar-refractivity contribution in [2.45, 2.75) is 20.8 Å². The molecule has 0 saturated carbocycles. The Morgan fingerprint density at radius 1 is 0.846 bits per heavy atom. The zero-order valence-electron chi connectivity index (χ0n) is 21.9. The zero-order chi connectivity index (χ0) is 28.5. The van der Waals surface area contributed by atoms with Gasteiger partial charge in [0.15, 0.2) is 5.78 Å². The van der Waals surface area contributed by atoms with E-state index in [2.05, 4.69) is 18.7 Å². The summed E-state index contributed by atoms with van der Waals surface area (Å²) < 4.78 is 5.46. The molecule has 0 atom stereocenters. The van der Waals surface area contributed by atoms with Gasteiger partial charge in [0.2, 0.25) is 0 Å². The molecular weight excluding hydrogens is 498 g/mol. The third kappa shape index (κ3) is 7.52. The number of aromatic carboxylic acids is 1. The van der Waals surface area contributed by atoms with E-state index in [9.17, 15) is 14.4 Å². The Hall–Kier alpha value is -4.98. The first-order chi connectivity index (χ1) is 18.6. The van der Waals surface area contributed by atoms with Gasteiger partial charge < -0.3 is 19.5 Å². The number of hydrogen-bond acceptors (Lipinski definition) is 6. The van der Waals surface area contributed by atoms with Crippen LogP contribution in [0.3, 0.4) is 0 Å². The van der Waals surface area contributed by atoms with Gasteiger partial charge in [-0.15, -0.1) is 0 Å². The van der Waals surface area contributed by atoms with Gasteiger partial charge in [0, 0.05) is 37.2 Å². The predicted molar refractivity (Wildman–Crippen MR) is 152 cm³/mol. The fourth-order valence-electron chi connectivity index (χ4n) is 3.91. The van der Waals surface area contributed by atoms with Crippen molar-refractivity contribution in [3.63, 3.8) is 0 Å². The molecular formula is C31H29NO7. The van der Waals surface area contributed by atoms with Gasteiger partial charge in [0.25, 0.3) is 5.97 Å². The Morgan fingerprint density at radius 3 is 1.95 bits per heavy atom. The number of hydrogen-bond donors (Lipinski definition) is 2. The molecule has 2 N–H and O–H groups in total. The number of rotatable bonds is 8. The molecule has 0 saturated heterocycles. The van der Waals surface area contributed by atoms with Gasteiger partial charge in [-0.3, -0.25) is 9.59 Å². The van der Waals surface area contributed by atoms with E-state index in [4.69, 9.17) is 19.4 Å². The number of benzene rings is 3. The zero-order valence-corrected chi connectivity index (χ0v) is 21.9. The number of allylic oxidation sites excluding steroid dienone is 1. The third-order valence-corrected chi connectivity index (χ3v) is 5.92. The summed E-state index contributed by atoms with van der Waals surface area (Å²) in [4.78, 5) is 47.4. The molecule has 1 heterocycles. The number of carbonyl (C=O) groups is 3. The highest BCUT2D eigenvalue weighted by molar-refractivity contribution is 6.07. The molecule has 0 bridgehead atoms. The van der Waals surface area contributed by atoms with Gasteiger partial charge in [0.05, 0.1) is 5.56 Å². The molecule has 1 aromatic heterocycles. The molecule has 200 valence electrons. The van der Waals surface area contributed by atoms with Crippen LogP contribution < -0.4 is 10.5 Å². The summed E-state index contributed by atoms with van der Waals surface area (Å²) in [6.07, 6.45) is 3.01. The Labute approximate surface area is 225 Å². The molecule has 8 nitrogen and oxygen atoms in total. The maximum Gasteiger partial charge on any atom is 0.347 e. The summed E-state index contributed by atoms with van der Waals surface area (Å²) >= 11 is 0. The number of carbonyl (C=O) groups excluding carboxylic acids is 1. The fourth-order valence-corrected chi connectivity index (χ4v) is 3.91. The molecule has 3 aromatic carbocycles. The minimum Gasteiger partial charge on any atom is -0.481 e. The van der Waals surface area contributed by atoms with Crippen molar-refractivity contribution in [3.8, 4) is 11.1 Å². The van der Waals surface area contributed by atoms with Crippen molar-refractivity contribution in [3.05, 3.63) is 106 Å². The van der Waals surface area contributed by atoms with Crippen LogP contribution in [0, 0.1) is 0 Å². The average molecular weight is 528 g/mol. The van der Waals surface area contributed by atoms with Crippen LogP contribution in [0.2, 0.25) is 0 Å². The molecule has 0 amide bonds. The van der Waals surface area contributed by atoms with Crippen LogP contribution in [0.25, 0.3) is 28.2 Å². The predicted octanol–water partition coefficient (Wildman–Crippen LogP) is 5.99. The molecule has 0 aliphatic rings. The molecule has 39 heavy (non-hydrogen) atoms. The largest absolute Gasteiger partial charge is 0.481 e. The maximum absolute atomic E-state index is 12.7. The van der Waals surface area contributed by atoms with Crippen molar-refractivity contribution >= 4 is 40.5 Å². The lowest BCUT2D eigenvalue weighted by Crippen LogP contribution is -2.21. The van der Waals surface area contributed by atoms with Crippen LogP contribution in [0.4, 0.5) is 5.69 Å². The summed E-state index contributed by atoms with van der Waals surface area (Å²) in [5, 5.41) is 17.1. The van der Waals surface area contributed by atoms with Gasteiger partial charge >= 0.3 is 11.6 Å². The minimum absolute atomic E-state index is 0.0144. The molecule has 4 aromatic rings. The number of anilines is 1. The molecule has 0 unspecified atom stereocenters. The highest BCUT2D eigenvalue weighted by atomic mass is 16.4. The lowest BCUT2D eigenvalue weighted by atomic mass is 10.0. The van der Waals surface area contributed by atoms with Gasteiger partial charge in [0.1, 0.15) is 11.1 Å². The lowest BCUT2D eigenvalue weighted by Gasteiger charge is -2.20. The summed E-state index contributed by atoms with van der Waals surface area (Å²) in [5.41, 5.74) is 3.57. The quantitative estimate of drug-likeness (QED) is 0.163. The molecule has 0 radical (unpaired) electrons. The van der Waals surface area contributed by atoms with E-state index in [-0.39, 0.29) is 11.1 Å². The molecule has 0 aliphatic carbocycles. The molecule has 0 aliphatic heterocycles.